The van der Waals surface area contributed by atoms with Crippen molar-refractivity contribution in [3.8, 4) is 22.3 Å². The maximum absolute atomic E-state index is 2.61. The summed E-state index contributed by atoms with van der Waals surface area (Å²) in [5, 5.41) is 1.75. The molecule has 46 heavy (non-hydrogen) atoms. The molecular weight excluding hydrogens is 569 g/mol. The third-order valence-electron chi connectivity index (χ3n) is 11.6. The van der Waals surface area contributed by atoms with E-state index in [0.29, 0.717) is 11.5 Å². The summed E-state index contributed by atoms with van der Waals surface area (Å²) in [5.41, 5.74) is 21.5. The largest absolute Gasteiger partial charge is 0.0931 e. The van der Waals surface area contributed by atoms with E-state index in [0.717, 1.165) is 0 Å². The summed E-state index contributed by atoms with van der Waals surface area (Å²) in [6, 6.07) is 31.0. The van der Waals surface area contributed by atoms with Crippen molar-refractivity contribution in [1.29, 1.82) is 0 Å². The molecule has 0 nitrogen and oxygen atoms in total. The average Bonchev–Trinajstić information content (AvgIpc) is 3.58. The molecule has 2 atom stereocenters. The molecule has 8 rings (SSSR count). The van der Waals surface area contributed by atoms with Gasteiger partial charge in [0, 0.05) is 11.5 Å². The lowest BCUT2D eigenvalue weighted by Gasteiger charge is -2.42. The second-order valence-corrected chi connectivity index (χ2v) is 21.8. The monoisotopic (exact) mass is 620 g/mol. The van der Waals surface area contributed by atoms with Gasteiger partial charge in [0.1, 0.15) is 0 Å². The molecule has 0 amide bonds. The zero-order valence-corrected chi connectivity index (χ0v) is 31.2. The van der Waals surface area contributed by atoms with Gasteiger partial charge in [0.2, 0.25) is 0 Å². The minimum atomic E-state index is -1.55. The summed E-state index contributed by atoms with van der Waals surface area (Å²) in [6.45, 7) is 28.6. The van der Waals surface area contributed by atoms with E-state index in [-0.39, 0.29) is 16.7 Å². The van der Waals surface area contributed by atoms with E-state index in [9.17, 15) is 0 Å². The van der Waals surface area contributed by atoms with Gasteiger partial charge in [-0.3, -0.25) is 0 Å². The Morgan fingerprint density at radius 3 is 1.65 bits per heavy atom. The van der Waals surface area contributed by atoms with Crippen LogP contribution < -0.4 is 0 Å². The molecule has 4 aromatic rings. The Morgan fingerprint density at radius 2 is 1.11 bits per heavy atom. The molecule has 0 N–H and O–H groups in total. The molecule has 4 aromatic carbocycles. The molecule has 2 bridgehead atoms. The van der Waals surface area contributed by atoms with Crippen molar-refractivity contribution in [2.75, 3.05) is 0 Å². The highest BCUT2D eigenvalue weighted by Crippen LogP contribution is 2.66. The third kappa shape index (κ3) is 4.44. The van der Waals surface area contributed by atoms with Gasteiger partial charge in [-0.2, -0.15) is 0 Å². The molecule has 2 aliphatic carbocycles. The first kappa shape index (κ1) is 31.2. The van der Waals surface area contributed by atoms with Crippen molar-refractivity contribution in [1.82, 2.24) is 0 Å². The van der Waals surface area contributed by atoms with Crippen LogP contribution in [0, 0.1) is 5.92 Å². The number of hydrogen-bond donors (Lipinski definition) is 0. The van der Waals surface area contributed by atoms with Crippen LogP contribution in [0.4, 0.5) is 0 Å². The van der Waals surface area contributed by atoms with Gasteiger partial charge in [0.15, 0.2) is 0 Å². The van der Waals surface area contributed by atoms with Crippen LogP contribution in [0.2, 0.25) is 13.1 Å². The summed E-state index contributed by atoms with van der Waals surface area (Å²) >= 11 is 0. The number of fused-ring (bicyclic) bond motifs is 1. The molecule has 0 spiro atoms. The highest BCUT2D eigenvalue weighted by Gasteiger charge is 2.58. The Balaban J connectivity index is 1.45. The second kappa shape index (κ2) is 10.3. The topological polar surface area (TPSA) is 0 Å². The Hall–Kier alpha value is -3.42. The van der Waals surface area contributed by atoms with E-state index in [1.807, 2.05) is 0 Å². The van der Waals surface area contributed by atoms with Gasteiger partial charge in [-0.05, 0) is 97.4 Å². The minimum Gasteiger partial charge on any atom is -0.0647 e. The Kier molecular flexibility index (Phi) is 6.97. The van der Waals surface area contributed by atoms with Crippen molar-refractivity contribution in [2.24, 2.45) is 5.92 Å². The van der Waals surface area contributed by atoms with Crippen molar-refractivity contribution < 1.29 is 0 Å². The standard InChI is InChI=1S/C45H52Si/c1-26(2)37-42-36-25-24-35(40(41(36)43(37)46(42,11)12)30-18-22-32(23-19-30)45(8,9)10)39-28(4)27(3)38-33(14-13-15-34(38)39)29-16-20-31(21-17-29)44(5,6)7/h13-26,39,42H,1-12H3. The van der Waals surface area contributed by atoms with Crippen molar-refractivity contribution in [3.05, 3.63) is 129 Å². The molecule has 2 aliphatic heterocycles. The fraction of sp³-hybridized carbons (Fsp3) is 0.378. The normalized spacial score (nSPS) is 19.9. The van der Waals surface area contributed by atoms with Crippen LogP contribution in [0.5, 0.6) is 0 Å². The zero-order chi connectivity index (χ0) is 33.1. The number of hydrogen-bond acceptors (Lipinski definition) is 0. The number of allylic oxidation sites excluding steroid dienone is 3. The summed E-state index contributed by atoms with van der Waals surface area (Å²) in [6.07, 6.45) is 0. The first-order valence-electron chi connectivity index (χ1n) is 17.5. The summed E-state index contributed by atoms with van der Waals surface area (Å²) in [4.78, 5) is 0. The average molecular weight is 621 g/mol. The second-order valence-electron chi connectivity index (χ2n) is 17.3. The lowest BCUT2D eigenvalue weighted by molar-refractivity contribution is 0.590. The maximum atomic E-state index is 2.61. The molecule has 1 heteroatoms. The van der Waals surface area contributed by atoms with Gasteiger partial charge in [0.25, 0.3) is 0 Å². The van der Waals surface area contributed by atoms with E-state index in [1.165, 1.54) is 61.2 Å². The van der Waals surface area contributed by atoms with Crippen molar-refractivity contribution >= 4 is 18.8 Å². The SMILES string of the molecule is CC1=C(C)C(c2ccc3c(c2-c2ccc(C(C)(C)C)cc2)C2=C(C(C)C)C3[Si]2(C)C)c2cccc(-c3ccc(C(C)(C)C)cc3)c21. The molecule has 2 heterocycles. The van der Waals surface area contributed by atoms with Crippen molar-refractivity contribution in [3.63, 3.8) is 0 Å². The van der Waals surface area contributed by atoms with Crippen molar-refractivity contribution in [2.45, 2.75) is 105 Å². The Bertz CT molecular complexity index is 1940. The smallest absolute Gasteiger partial charge is 0.0647 e. The highest BCUT2D eigenvalue weighted by atomic mass is 28.3. The molecule has 2 unspecified atom stereocenters. The zero-order valence-electron chi connectivity index (χ0n) is 30.2. The van der Waals surface area contributed by atoms with E-state index in [2.05, 4.69) is 161 Å². The van der Waals surface area contributed by atoms with Gasteiger partial charge < -0.3 is 0 Å². The van der Waals surface area contributed by atoms with E-state index in [1.54, 1.807) is 21.9 Å². The molecule has 236 valence electrons. The lowest BCUT2D eigenvalue weighted by atomic mass is 9.80. The van der Waals surface area contributed by atoms with Gasteiger partial charge in [0.05, 0.1) is 8.07 Å². The van der Waals surface area contributed by atoms with Crippen LogP contribution in [-0.2, 0) is 10.8 Å². The summed E-state index contributed by atoms with van der Waals surface area (Å²) in [5.74, 6) is 0.841. The van der Waals surface area contributed by atoms with E-state index < -0.39 is 8.07 Å². The highest BCUT2D eigenvalue weighted by molar-refractivity contribution is 7.01. The molecule has 0 saturated carbocycles. The fourth-order valence-electron chi connectivity index (χ4n) is 9.12. The fourth-order valence-corrected chi connectivity index (χ4v) is 13.5. The first-order valence-corrected chi connectivity index (χ1v) is 20.6. The molecule has 0 saturated heterocycles. The van der Waals surface area contributed by atoms with Crippen LogP contribution in [0.1, 0.15) is 120 Å². The Morgan fingerprint density at radius 1 is 0.587 bits per heavy atom. The predicted molar refractivity (Wildman–Crippen MR) is 203 cm³/mol. The predicted octanol–water partition coefficient (Wildman–Crippen LogP) is 12.9. The molecule has 0 aromatic heterocycles. The molecular formula is C45H52Si. The third-order valence-corrected chi connectivity index (χ3v) is 15.5. The molecule has 4 aliphatic rings. The quantitative estimate of drug-likeness (QED) is 0.199. The lowest BCUT2D eigenvalue weighted by Crippen LogP contribution is -2.43. The van der Waals surface area contributed by atoms with Gasteiger partial charge in [-0.1, -0.05) is 164 Å². The molecule has 0 radical (unpaired) electrons. The van der Waals surface area contributed by atoms with Gasteiger partial charge >= 0.3 is 0 Å². The van der Waals surface area contributed by atoms with E-state index >= 15 is 0 Å². The maximum Gasteiger partial charge on any atom is 0.0931 e. The van der Waals surface area contributed by atoms with Crippen LogP contribution in [-0.4, -0.2) is 8.07 Å². The van der Waals surface area contributed by atoms with E-state index in [4.69, 9.17) is 0 Å². The summed E-state index contributed by atoms with van der Waals surface area (Å²) in [7, 11) is -1.55. The van der Waals surface area contributed by atoms with Gasteiger partial charge in [-0.25, -0.2) is 0 Å². The number of benzene rings is 4. The van der Waals surface area contributed by atoms with Crippen LogP contribution in [0.3, 0.4) is 0 Å². The van der Waals surface area contributed by atoms with Crippen LogP contribution in [0.25, 0.3) is 33.0 Å². The minimum absolute atomic E-state index is 0.131. The van der Waals surface area contributed by atoms with Crippen LogP contribution >= 0.6 is 0 Å². The first-order chi connectivity index (χ1) is 21.5. The van der Waals surface area contributed by atoms with Crippen LogP contribution in [0.15, 0.2) is 90.0 Å². The number of rotatable bonds is 4. The van der Waals surface area contributed by atoms with Gasteiger partial charge in [-0.15, -0.1) is 0 Å². The summed E-state index contributed by atoms with van der Waals surface area (Å²) < 4.78 is 0. The Labute approximate surface area is 279 Å². The molecule has 0 fully saturated rings.